The maximum absolute atomic E-state index is 13.4. The van der Waals surface area contributed by atoms with E-state index in [1.54, 1.807) is 0 Å². The Kier molecular flexibility index (Phi) is 3.60. The fraction of sp³-hybridized carbons (Fsp3) is 0.0909. The molecule has 0 saturated heterocycles. The Bertz CT molecular complexity index is 665. The van der Waals surface area contributed by atoms with Crippen molar-refractivity contribution in [1.82, 2.24) is 9.97 Å². The van der Waals surface area contributed by atoms with Crippen molar-refractivity contribution in [3.8, 4) is 17.4 Å². The summed E-state index contributed by atoms with van der Waals surface area (Å²) in [5, 5.41) is 10.9. The Hall–Kier alpha value is -2.97. The lowest BCUT2D eigenvalue weighted by Crippen LogP contribution is -2.00. The van der Waals surface area contributed by atoms with Crippen LogP contribution in [-0.2, 0) is 0 Å². The third-order valence-electron chi connectivity index (χ3n) is 2.29. The second kappa shape index (κ2) is 5.34. The van der Waals surface area contributed by atoms with Crippen molar-refractivity contribution in [2.45, 2.75) is 0 Å². The van der Waals surface area contributed by atoms with Crippen LogP contribution in [0.15, 0.2) is 24.4 Å². The summed E-state index contributed by atoms with van der Waals surface area (Å²) in [5.41, 5.74) is 5.00. The number of hydrogen-bond acceptors (Lipinski definition) is 7. The highest BCUT2D eigenvalue weighted by molar-refractivity contribution is 5.51. The lowest BCUT2D eigenvalue weighted by atomic mass is 10.3. The van der Waals surface area contributed by atoms with Gasteiger partial charge >= 0.3 is 5.69 Å². The van der Waals surface area contributed by atoms with E-state index in [-0.39, 0.29) is 23.1 Å². The normalized spacial score (nSPS) is 10.1. The molecule has 0 aliphatic heterocycles. The molecular formula is C11H9FN4O4. The predicted molar refractivity (Wildman–Crippen MR) is 66.1 cm³/mol. The van der Waals surface area contributed by atoms with E-state index in [0.29, 0.717) is 0 Å². The van der Waals surface area contributed by atoms with E-state index < -0.39 is 16.6 Å². The molecule has 0 amide bonds. The first-order valence-electron chi connectivity index (χ1n) is 5.29. The van der Waals surface area contributed by atoms with Crippen LogP contribution in [0.1, 0.15) is 0 Å². The van der Waals surface area contributed by atoms with Crippen molar-refractivity contribution in [3.63, 3.8) is 0 Å². The van der Waals surface area contributed by atoms with Crippen LogP contribution in [0.4, 0.5) is 16.0 Å². The summed E-state index contributed by atoms with van der Waals surface area (Å²) in [6, 6.07) is 3.80. The van der Waals surface area contributed by atoms with Crippen LogP contribution in [0.2, 0.25) is 0 Å². The molecule has 2 rings (SSSR count). The van der Waals surface area contributed by atoms with E-state index >= 15 is 0 Å². The Labute approximate surface area is 112 Å². The molecule has 0 unspecified atom stereocenters. The highest BCUT2D eigenvalue weighted by atomic mass is 19.1. The summed E-state index contributed by atoms with van der Waals surface area (Å²) in [4.78, 5) is 17.2. The number of anilines is 1. The largest absolute Gasteiger partial charge is 0.490 e. The number of benzene rings is 1. The zero-order valence-electron chi connectivity index (χ0n) is 10.2. The standard InChI is InChI=1S/C11H9FN4O4/c1-19-9-3-2-6(4-8(9)16(17)18)20-10-7(12)5-14-11(13)15-10/h2-5H,1H3,(H2,13,14,15). The molecule has 0 aliphatic carbocycles. The third-order valence-corrected chi connectivity index (χ3v) is 2.29. The van der Waals surface area contributed by atoms with Gasteiger partial charge in [0, 0.05) is 0 Å². The molecule has 1 heterocycles. The monoisotopic (exact) mass is 280 g/mol. The second-order valence-corrected chi connectivity index (χ2v) is 3.57. The number of nitrogen functional groups attached to an aromatic ring is 1. The fourth-order valence-corrected chi connectivity index (χ4v) is 1.42. The maximum atomic E-state index is 13.4. The van der Waals surface area contributed by atoms with Crippen LogP contribution >= 0.6 is 0 Å². The topological polar surface area (TPSA) is 113 Å². The average Bonchev–Trinajstić information content (AvgIpc) is 2.42. The molecule has 0 fully saturated rings. The van der Waals surface area contributed by atoms with Gasteiger partial charge in [-0.15, -0.1) is 0 Å². The molecule has 2 aromatic rings. The van der Waals surface area contributed by atoms with Gasteiger partial charge in [0.2, 0.25) is 11.8 Å². The Morgan fingerprint density at radius 2 is 2.20 bits per heavy atom. The highest BCUT2D eigenvalue weighted by Gasteiger charge is 2.17. The number of hydrogen-bond donors (Lipinski definition) is 1. The minimum Gasteiger partial charge on any atom is -0.490 e. The van der Waals surface area contributed by atoms with Crippen LogP contribution in [-0.4, -0.2) is 22.0 Å². The Balaban J connectivity index is 2.37. The minimum absolute atomic E-state index is 0.0227. The van der Waals surface area contributed by atoms with Gasteiger partial charge in [0.05, 0.1) is 24.3 Å². The number of methoxy groups -OCH3 is 1. The van der Waals surface area contributed by atoms with Crippen molar-refractivity contribution < 1.29 is 18.8 Å². The molecule has 0 spiro atoms. The number of nitro groups is 1. The molecule has 1 aromatic heterocycles. The number of aromatic nitrogens is 2. The highest BCUT2D eigenvalue weighted by Crippen LogP contribution is 2.33. The molecule has 0 atom stereocenters. The van der Waals surface area contributed by atoms with E-state index in [1.165, 1.54) is 19.2 Å². The average molecular weight is 280 g/mol. The predicted octanol–water partition coefficient (Wildman–Crippen LogP) is 1.91. The van der Waals surface area contributed by atoms with Gasteiger partial charge in [0.25, 0.3) is 5.88 Å². The SMILES string of the molecule is COc1ccc(Oc2nc(N)ncc2F)cc1[N+](=O)[O-]. The first kappa shape index (κ1) is 13.5. The van der Waals surface area contributed by atoms with E-state index in [1.807, 2.05) is 0 Å². The molecule has 8 nitrogen and oxygen atoms in total. The van der Waals surface area contributed by atoms with Crippen molar-refractivity contribution in [3.05, 3.63) is 40.3 Å². The van der Waals surface area contributed by atoms with Crippen molar-refractivity contribution in [2.24, 2.45) is 0 Å². The maximum Gasteiger partial charge on any atom is 0.314 e. The van der Waals surface area contributed by atoms with Gasteiger partial charge < -0.3 is 15.2 Å². The molecule has 2 N–H and O–H groups in total. The number of ether oxygens (including phenoxy) is 2. The molecule has 20 heavy (non-hydrogen) atoms. The van der Waals surface area contributed by atoms with Crippen molar-refractivity contribution in [2.75, 3.05) is 12.8 Å². The molecule has 1 aromatic carbocycles. The van der Waals surface area contributed by atoms with Gasteiger partial charge in [0.15, 0.2) is 5.75 Å². The number of halogens is 1. The zero-order chi connectivity index (χ0) is 14.7. The second-order valence-electron chi connectivity index (χ2n) is 3.57. The summed E-state index contributed by atoms with van der Waals surface area (Å²) >= 11 is 0. The quantitative estimate of drug-likeness (QED) is 0.672. The van der Waals surface area contributed by atoms with Crippen molar-refractivity contribution >= 4 is 11.6 Å². The van der Waals surface area contributed by atoms with Crippen molar-refractivity contribution in [1.29, 1.82) is 0 Å². The smallest absolute Gasteiger partial charge is 0.314 e. The minimum atomic E-state index is -0.835. The van der Waals surface area contributed by atoms with Crippen LogP contribution < -0.4 is 15.2 Å². The summed E-state index contributed by atoms with van der Waals surface area (Å²) in [6.45, 7) is 0. The molecular weight excluding hydrogens is 271 g/mol. The number of nitrogens with zero attached hydrogens (tertiary/aromatic N) is 3. The van der Waals surface area contributed by atoms with Crippen LogP contribution in [0, 0.1) is 15.9 Å². The lowest BCUT2D eigenvalue weighted by molar-refractivity contribution is -0.385. The Morgan fingerprint density at radius 1 is 1.45 bits per heavy atom. The van der Waals surface area contributed by atoms with Gasteiger partial charge in [-0.1, -0.05) is 0 Å². The third kappa shape index (κ3) is 2.71. The first-order chi connectivity index (χ1) is 9.51. The summed E-state index contributed by atoms with van der Waals surface area (Å²) in [5.74, 6) is -1.35. The number of rotatable bonds is 4. The van der Waals surface area contributed by atoms with Crippen LogP contribution in [0.5, 0.6) is 17.4 Å². The number of nitro benzene ring substituents is 1. The first-order valence-corrected chi connectivity index (χ1v) is 5.29. The van der Waals surface area contributed by atoms with Crippen LogP contribution in [0.25, 0.3) is 0 Å². The fourth-order valence-electron chi connectivity index (χ4n) is 1.42. The van der Waals surface area contributed by atoms with Gasteiger partial charge in [-0.25, -0.2) is 4.98 Å². The summed E-state index contributed by atoms with van der Waals surface area (Å²) < 4.78 is 23.3. The molecule has 9 heteroatoms. The van der Waals surface area contributed by atoms with Gasteiger partial charge in [-0.2, -0.15) is 9.37 Å². The Morgan fingerprint density at radius 3 is 2.85 bits per heavy atom. The zero-order valence-corrected chi connectivity index (χ0v) is 10.2. The summed E-state index contributed by atoms with van der Waals surface area (Å²) in [7, 11) is 1.30. The molecule has 104 valence electrons. The lowest BCUT2D eigenvalue weighted by Gasteiger charge is -2.07. The molecule has 0 aliphatic rings. The van der Waals surface area contributed by atoms with Crippen LogP contribution in [0.3, 0.4) is 0 Å². The van der Waals surface area contributed by atoms with Gasteiger partial charge in [0.1, 0.15) is 5.75 Å². The van der Waals surface area contributed by atoms with E-state index in [4.69, 9.17) is 15.2 Å². The summed E-state index contributed by atoms with van der Waals surface area (Å²) in [6.07, 6.45) is 0.843. The van der Waals surface area contributed by atoms with Gasteiger partial charge in [-0.3, -0.25) is 10.1 Å². The molecule has 0 saturated carbocycles. The number of nitrogens with two attached hydrogens (primary N) is 1. The molecule has 0 radical (unpaired) electrons. The molecule has 0 bridgehead atoms. The van der Waals surface area contributed by atoms with E-state index in [0.717, 1.165) is 12.3 Å². The van der Waals surface area contributed by atoms with E-state index in [9.17, 15) is 14.5 Å². The van der Waals surface area contributed by atoms with Gasteiger partial charge in [-0.05, 0) is 12.1 Å². The van der Waals surface area contributed by atoms with E-state index in [2.05, 4.69) is 9.97 Å².